The lowest BCUT2D eigenvalue weighted by atomic mass is 9.87. The first-order valence-corrected chi connectivity index (χ1v) is 15.2. The molecule has 0 saturated heterocycles. The molecule has 0 amide bonds. The molecule has 4 aromatic rings. The number of anilines is 2. The summed E-state index contributed by atoms with van der Waals surface area (Å²) < 4.78 is 0. The molecule has 0 radical (unpaired) electrons. The first-order chi connectivity index (χ1) is 19.4. The molecule has 0 aromatic heterocycles. The SMILES string of the molecule is CCCCCCCC(Cc1ccc(Cc2ccc(N)cc2C)cc1)Cc1ccc(Cc2ccc(N)cc2C)cc1. The van der Waals surface area contributed by atoms with E-state index in [2.05, 4.69) is 93.6 Å². The molecule has 4 aromatic carbocycles. The average Bonchev–Trinajstić information content (AvgIpc) is 2.93. The summed E-state index contributed by atoms with van der Waals surface area (Å²) in [6, 6.07) is 31.2. The number of benzene rings is 4. The molecule has 0 heterocycles. The van der Waals surface area contributed by atoms with Crippen molar-refractivity contribution in [1.82, 2.24) is 0 Å². The zero-order valence-electron chi connectivity index (χ0n) is 24.9. The van der Waals surface area contributed by atoms with Gasteiger partial charge in [-0.05, 0) is 121 Å². The van der Waals surface area contributed by atoms with Crippen LogP contribution in [0.25, 0.3) is 0 Å². The summed E-state index contributed by atoms with van der Waals surface area (Å²) >= 11 is 0. The molecule has 0 bridgehead atoms. The molecule has 0 aliphatic rings. The van der Waals surface area contributed by atoms with Crippen LogP contribution in [0.4, 0.5) is 11.4 Å². The second-order valence-electron chi connectivity index (χ2n) is 11.8. The zero-order valence-corrected chi connectivity index (χ0v) is 24.9. The fourth-order valence-corrected chi connectivity index (χ4v) is 5.84. The first kappa shape index (κ1) is 29.5. The van der Waals surface area contributed by atoms with Crippen LogP contribution in [0.5, 0.6) is 0 Å². The third kappa shape index (κ3) is 9.01. The molecule has 0 fully saturated rings. The van der Waals surface area contributed by atoms with Crippen LogP contribution >= 0.6 is 0 Å². The van der Waals surface area contributed by atoms with Crippen LogP contribution in [0, 0.1) is 19.8 Å². The third-order valence-corrected chi connectivity index (χ3v) is 8.33. The van der Waals surface area contributed by atoms with Crippen LogP contribution in [0.1, 0.15) is 90.0 Å². The Hall–Kier alpha value is -3.52. The minimum atomic E-state index is 0.664. The average molecular weight is 533 g/mol. The molecule has 2 heteroatoms. The summed E-state index contributed by atoms with van der Waals surface area (Å²) in [7, 11) is 0. The molecule has 0 saturated carbocycles. The van der Waals surface area contributed by atoms with Crippen molar-refractivity contribution in [3.63, 3.8) is 0 Å². The van der Waals surface area contributed by atoms with Gasteiger partial charge in [-0.25, -0.2) is 0 Å². The van der Waals surface area contributed by atoms with Crippen LogP contribution in [0.2, 0.25) is 0 Å². The van der Waals surface area contributed by atoms with Gasteiger partial charge in [0.05, 0.1) is 0 Å². The summed E-state index contributed by atoms with van der Waals surface area (Å²) in [6.07, 6.45) is 12.2. The van der Waals surface area contributed by atoms with Gasteiger partial charge in [-0.15, -0.1) is 0 Å². The van der Waals surface area contributed by atoms with Crippen molar-refractivity contribution in [2.24, 2.45) is 5.92 Å². The third-order valence-electron chi connectivity index (χ3n) is 8.33. The van der Waals surface area contributed by atoms with Gasteiger partial charge in [0.2, 0.25) is 0 Å². The monoisotopic (exact) mass is 532 g/mol. The number of hydrogen-bond acceptors (Lipinski definition) is 2. The van der Waals surface area contributed by atoms with Gasteiger partial charge in [-0.2, -0.15) is 0 Å². The van der Waals surface area contributed by atoms with Crippen LogP contribution in [-0.2, 0) is 25.7 Å². The van der Waals surface area contributed by atoms with Crippen LogP contribution in [-0.4, -0.2) is 0 Å². The second-order valence-corrected chi connectivity index (χ2v) is 11.8. The van der Waals surface area contributed by atoms with E-state index < -0.39 is 0 Å². The lowest BCUT2D eigenvalue weighted by molar-refractivity contribution is 0.447. The lowest BCUT2D eigenvalue weighted by Gasteiger charge is -2.18. The lowest BCUT2D eigenvalue weighted by Crippen LogP contribution is -2.09. The highest BCUT2D eigenvalue weighted by Crippen LogP contribution is 2.24. The summed E-state index contributed by atoms with van der Waals surface area (Å²) in [6.45, 7) is 6.59. The van der Waals surface area contributed by atoms with E-state index in [0.29, 0.717) is 5.92 Å². The fourth-order valence-electron chi connectivity index (χ4n) is 5.84. The van der Waals surface area contributed by atoms with Crippen LogP contribution in [0.15, 0.2) is 84.9 Å². The summed E-state index contributed by atoms with van der Waals surface area (Å²) in [5.41, 5.74) is 24.4. The van der Waals surface area contributed by atoms with Gasteiger partial charge < -0.3 is 11.5 Å². The largest absolute Gasteiger partial charge is 0.399 e. The van der Waals surface area contributed by atoms with Gasteiger partial charge in [0.1, 0.15) is 0 Å². The summed E-state index contributed by atoms with van der Waals surface area (Å²) in [5, 5.41) is 0. The van der Waals surface area contributed by atoms with Gasteiger partial charge >= 0.3 is 0 Å². The molecule has 0 unspecified atom stereocenters. The van der Waals surface area contributed by atoms with E-state index in [-0.39, 0.29) is 0 Å². The maximum absolute atomic E-state index is 5.95. The zero-order chi connectivity index (χ0) is 28.3. The minimum Gasteiger partial charge on any atom is -0.399 e. The van der Waals surface area contributed by atoms with Crippen molar-refractivity contribution >= 4 is 11.4 Å². The van der Waals surface area contributed by atoms with E-state index in [4.69, 9.17) is 11.5 Å². The van der Waals surface area contributed by atoms with Crippen molar-refractivity contribution < 1.29 is 0 Å². The topological polar surface area (TPSA) is 52.0 Å². The Bertz CT molecular complexity index is 1240. The smallest absolute Gasteiger partial charge is 0.0316 e. The Labute approximate surface area is 242 Å². The van der Waals surface area contributed by atoms with Crippen molar-refractivity contribution in [2.75, 3.05) is 11.5 Å². The molecule has 40 heavy (non-hydrogen) atoms. The number of hydrogen-bond donors (Lipinski definition) is 2. The van der Waals surface area contributed by atoms with Gasteiger partial charge in [0, 0.05) is 11.4 Å². The molecular formula is C38H48N2. The fraction of sp³-hybridized carbons (Fsp3) is 0.368. The van der Waals surface area contributed by atoms with Crippen molar-refractivity contribution in [1.29, 1.82) is 0 Å². The van der Waals surface area contributed by atoms with Crippen molar-refractivity contribution in [2.45, 2.75) is 85.0 Å². The first-order valence-electron chi connectivity index (χ1n) is 15.2. The van der Waals surface area contributed by atoms with Gasteiger partial charge in [0.15, 0.2) is 0 Å². The van der Waals surface area contributed by atoms with Crippen LogP contribution in [0.3, 0.4) is 0 Å². The maximum Gasteiger partial charge on any atom is 0.0316 e. The van der Waals surface area contributed by atoms with Gasteiger partial charge in [-0.1, -0.05) is 99.7 Å². The quantitative estimate of drug-likeness (QED) is 0.125. The predicted octanol–water partition coefficient (Wildman–Crippen LogP) is 9.41. The standard InChI is InChI=1S/C38H48N2/c1-4-5-6-7-8-9-34(24-30-10-14-32(15-11-30)26-35-18-20-37(39)22-28(35)2)25-31-12-16-33(17-13-31)27-36-19-21-38(40)23-29(36)3/h10-23,34H,4-9,24-27,39-40H2,1-3H3. The van der Waals surface area contributed by atoms with Gasteiger partial charge in [0.25, 0.3) is 0 Å². The molecule has 0 aliphatic carbocycles. The highest BCUT2D eigenvalue weighted by atomic mass is 14.5. The summed E-state index contributed by atoms with van der Waals surface area (Å²) in [4.78, 5) is 0. The molecule has 0 atom stereocenters. The van der Waals surface area contributed by atoms with Gasteiger partial charge in [-0.3, -0.25) is 0 Å². The van der Waals surface area contributed by atoms with Crippen LogP contribution < -0.4 is 11.5 Å². The van der Waals surface area contributed by atoms with E-state index in [9.17, 15) is 0 Å². The maximum atomic E-state index is 5.95. The molecule has 4 rings (SSSR count). The Kier molecular flexibility index (Phi) is 10.9. The minimum absolute atomic E-state index is 0.664. The highest BCUT2D eigenvalue weighted by molar-refractivity contribution is 5.46. The van der Waals surface area contributed by atoms with E-state index in [1.54, 1.807) is 0 Å². The number of nitrogen functional groups attached to an aromatic ring is 2. The molecule has 0 spiro atoms. The molecular weight excluding hydrogens is 484 g/mol. The molecule has 0 aliphatic heterocycles. The Morgan fingerprint density at radius 2 is 0.950 bits per heavy atom. The number of nitrogens with two attached hydrogens (primary N) is 2. The highest BCUT2D eigenvalue weighted by Gasteiger charge is 2.12. The second kappa shape index (κ2) is 14.7. The molecule has 2 nitrogen and oxygen atoms in total. The number of unbranched alkanes of at least 4 members (excludes halogenated alkanes) is 4. The number of rotatable bonds is 14. The van der Waals surface area contributed by atoms with Crippen molar-refractivity contribution in [3.05, 3.63) is 129 Å². The van der Waals surface area contributed by atoms with E-state index >= 15 is 0 Å². The Balaban J connectivity index is 1.39. The number of aryl methyl sites for hydroxylation is 2. The molecule has 210 valence electrons. The Morgan fingerprint density at radius 3 is 1.38 bits per heavy atom. The normalized spacial score (nSPS) is 11.3. The van der Waals surface area contributed by atoms with E-state index in [0.717, 1.165) is 37.1 Å². The summed E-state index contributed by atoms with van der Waals surface area (Å²) in [5.74, 6) is 0.664. The van der Waals surface area contributed by atoms with Crippen molar-refractivity contribution in [3.8, 4) is 0 Å². The predicted molar refractivity (Wildman–Crippen MR) is 174 cm³/mol. The Morgan fingerprint density at radius 1 is 0.525 bits per heavy atom. The molecule has 4 N–H and O–H groups in total. The van der Waals surface area contributed by atoms with E-state index in [1.165, 1.54) is 83.0 Å². The van der Waals surface area contributed by atoms with E-state index in [1.807, 2.05) is 12.1 Å².